The second kappa shape index (κ2) is 3.42. The fourth-order valence-electron chi connectivity index (χ4n) is 1.32. The summed E-state index contributed by atoms with van der Waals surface area (Å²) in [6.07, 6.45) is 0. The van der Waals surface area contributed by atoms with Crippen LogP contribution in [-0.2, 0) is 0 Å². The van der Waals surface area contributed by atoms with Crippen LogP contribution in [0.25, 0.3) is 0 Å². The molecule has 0 spiro atoms. The standard InChI is InChI=1S/C10H10FNS/c1-8-6-13-7-12(8)10-4-2-3-9(11)5-10/h2-6H,7H2,1H3. The van der Waals surface area contributed by atoms with Crippen molar-refractivity contribution in [3.63, 3.8) is 0 Å². The SMILES string of the molecule is CC1=CSCN1c1cccc(F)c1. The second-order valence-corrected chi connectivity index (χ2v) is 3.79. The van der Waals surface area contributed by atoms with Gasteiger partial charge in [0.25, 0.3) is 0 Å². The first-order valence-electron chi connectivity index (χ1n) is 4.09. The van der Waals surface area contributed by atoms with Gasteiger partial charge >= 0.3 is 0 Å². The number of hydrogen-bond acceptors (Lipinski definition) is 2. The maximum Gasteiger partial charge on any atom is 0.125 e. The van der Waals surface area contributed by atoms with Crippen molar-refractivity contribution in [2.45, 2.75) is 6.92 Å². The van der Waals surface area contributed by atoms with Crippen molar-refractivity contribution in [2.24, 2.45) is 0 Å². The molecule has 1 aromatic carbocycles. The fraction of sp³-hybridized carbons (Fsp3) is 0.200. The van der Waals surface area contributed by atoms with Gasteiger partial charge in [0, 0.05) is 11.4 Å². The second-order valence-electron chi connectivity index (χ2n) is 2.96. The molecule has 0 fully saturated rings. The molecule has 2 rings (SSSR count). The lowest BCUT2D eigenvalue weighted by Crippen LogP contribution is -2.15. The van der Waals surface area contributed by atoms with Gasteiger partial charge in [-0.05, 0) is 30.5 Å². The van der Waals surface area contributed by atoms with Gasteiger partial charge in [0.2, 0.25) is 0 Å². The van der Waals surface area contributed by atoms with E-state index in [-0.39, 0.29) is 5.82 Å². The van der Waals surface area contributed by atoms with E-state index in [0.29, 0.717) is 0 Å². The Morgan fingerprint density at radius 2 is 2.31 bits per heavy atom. The summed E-state index contributed by atoms with van der Waals surface area (Å²) in [7, 11) is 0. The van der Waals surface area contributed by atoms with E-state index in [1.165, 1.54) is 11.8 Å². The zero-order valence-corrected chi connectivity index (χ0v) is 8.14. The first-order valence-corrected chi connectivity index (χ1v) is 5.14. The molecular formula is C10H10FNS. The number of rotatable bonds is 1. The van der Waals surface area contributed by atoms with Gasteiger partial charge in [0.05, 0.1) is 5.88 Å². The molecule has 1 nitrogen and oxygen atoms in total. The number of thioether (sulfide) groups is 1. The zero-order valence-electron chi connectivity index (χ0n) is 7.33. The molecule has 1 aliphatic heterocycles. The molecule has 0 saturated carbocycles. The Morgan fingerprint density at radius 1 is 1.46 bits per heavy atom. The Hall–Kier alpha value is -0.960. The van der Waals surface area contributed by atoms with Crippen molar-refractivity contribution in [2.75, 3.05) is 10.8 Å². The lowest BCUT2D eigenvalue weighted by molar-refractivity contribution is 0.627. The molecule has 3 heteroatoms. The van der Waals surface area contributed by atoms with E-state index in [9.17, 15) is 4.39 Å². The van der Waals surface area contributed by atoms with Crippen molar-refractivity contribution in [3.8, 4) is 0 Å². The summed E-state index contributed by atoms with van der Waals surface area (Å²) in [5.41, 5.74) is 2.11. The van der Waals surface area contributed by atoms with E-state index < -0.39 is 0 Å². The van der Waals surface area contributed by atoms with Crippen LogP contribution in [0.5, 0.6) is 0 Å². The Morgan fingerprint density at radius 3 is 2.92 bits per heavy atom. The number of halogens is 1. The van der Waals surface area contributed by atoms with Gasteiger partial charge in [-0.25, -0.2) is 4.39 Å². The van der Waals surface area contributed by atoms with Gasteiger partial charge in [-0.1, -0.05) is 6.07 Å². The Bertz CT molecular complexity index is 349. The van der Waals surface area contributed by atoms with E-state index >= 15 is 0 Å². The highest BCUT2D eigenvalue weighted by molar-refractivity contribution is 8.02. The van der Waals surface area contributed by atoms with Gasteiger partial charge < -0.3 is 4.90 Å². The van der Waals surface area contributed by atoms with Crippen LogP contribution in [0.15, 0.2) is 35.4 Å². The Balaban J connectivity index is 2.30. The smallest absolute Gasteiger partial charge is 0.125 e. The molecule has 0 saturated heterocycles. The van der Waals surface area contributed by atoms with Gasteiger partial charge in [-0.3, -0.25) is 0 Å². The molecule has 0 unspecified atom stereocenters. The lowest BCUT2D eigenvalue weighted by atomic mass is 10.3. The zero-order chi connectivity index (χ0) is 9.26. The minimum absolute atomic E-state index is 0.179. The first-order chi connectivity index (χ1) is 6.27. The molecule has 0 radical (unpaired) electrons. The third-order valence-corrected chi connectivity index (χ3v) is 2.92. The molecule has 0 aliphatic carbocycles. The largest absolute Gasteiger partial charge is 0.335 e. The maximum atomic E-state index is 12.9. The number of hydrogen-bond donors (Lipinski definition) is 0. The van der Waals surface area contributed by atoms with E-state index in [0.717, 1.165) is 11.6 Å². The van der Waals surface area contributed by atoms with Gasteiger partial charge in [-0.15, -0.1) is 11.8 Å². The van der Waals surface area contributed by atoms with Crippen LogP contribution in [-0.4, -0.2) is 5.88 Å². The van der Waals surface area contributed by atoms with Crippen molar-refractivity contribution in [1.29, 1.82) is 0 Å². The monoisotopic (exact) mass is 195 g/mol. The van der Waals surface area contributed by atoms with Gasteiger partial charge in [0.1, 0.15) is 5.82 Å². The van der Waals surface area contributed by atoms with Crippen molar-refractivity contribution in [3.05, 3.63) is 41.2 Å². The van der Waals surface area contributed by atoms with Crippen LogP contribution in [0.1, 0.15) is 6.92 Å². The minimum atomic E-state index is -0.179. The Labute approximate surface area is 81.2 Å². The van der Waals surface area contributed by atoms with Crippen LogP contribution in [0.2, 0.25) is 0 Å². The van der Waals surface area contributed by atoms with Crippen molar-refractivity contribution < 1.29 is 4.39 Å². The molecule has 0 bridgehead atoms. The quantitative estimate of drug-likeness (QED) is 0.677. The van der Waals surface area contributed by atoms with Crippen LogP contribution in [0.3, 0.4) is 0 Å². The maximum absolute atomic E-state index is 12.9. The average Bonchev–Trinajstić information content (AvgIpc) is 2.51. The van der Waals surface area contributed by atoms with Crippen LogP contribution in [0, 0.1) is 5.82 Å². The summed E-state index contributed by atoms with van der Waals surface area (Å²) in [6, 6.07) is 6.68. The Kier molecular flexibility index (Phi) is 2.27. The highest BCUT2D eigenvalue weighted by Gasteiger charge is 2.13. The first kappa shape index (κ1) is 8.63. The summed E-state index contributed by atoms with van der Waals surface area (Å²) in [4.78, 5) is 2.09. The molecule has 1 heterocycles. The number of allylic oxidation sites excluding steroid dienone is 1. The van der Waals surface area contributed by atoms with Gasteiger partial charge in [-0.2, -0.15) is 0 Å². The molecule has 68 valence electrons. The van der Waals surface area contributed by atoms with Crippen LogP contribution >= 0.6 is 11.8 Å². The number of anilines is 1. The van der Waals surface area contributed by atoms with Crippen LogP contribution < -0.4 is 4.90 Å². The molecule has 0 amide bonds. The topological polar surface area (TPSA) is 3.24 Å². The molecule has 0 aromatic heterocycles. The average molecular weight is 195 g/mol. The van der Waals surface area contributed by atoms with Crippen LogP contribution in [0.4, 0.5) is 10.1 Å². The lowest BCUT2D eigenvalue weighted by Gasteiger charge is -2.18. The summed E-state index contributed by atoms with van der Waals surface area (Å²) in [5, 5.41) is 2.09. The molecule has 1 aliphatic rings. The minimum Gasteiger partial charge on any atom is -0.335 e. The molecule has 0 atom stereocenters. The highest BCUT2D eigenvalue weighted by atomic mass is 32.2. The molecular weight excluding hydrogens is 185 g/mol. The predicted octanol–water partition coefficient (Wildman–Crippen LogP) is 3.20. The van der Waals surface area contributed by atoms with Crippen molar-refractivity contribution in [1.82, 2.24) is 0 Å². The van der Waals surface area contributed by atoms with Crippen molar-refractivity contribution >= 4 is 17.4 Å². The third kappa shape index (κ3) is 1.70. The molecule has 0 N–H and O–H groups in total. The normalized spacial score (nSPS) is 16.2. The predicted molar refractivity (Wildman–Crippen MR) is 55.1 cm³/mol. The summed E-state index contributed by atoms with van der Waals surface area (Å²) < 4.78 is 12.9. The van der Waals surface area contributed by atoms with E-state index in [1.807, 2.05) is 13.0 Å². The van der Waals surface area contributed by atoms with E-state index in [1.54, 1.807) is 23.9 Å². The summed E-state index contributed by atoms with van der Waals surface area (Å²) in [6.45, 7) is 2.03. The third-order valence-electron chi connectivity index (χ3n) is 2.00. The summed E-state index contributed by atoms with van der Waals surface area (Å²) in [5.74, 6) is 0.706. The highest BCUT2D eigenvalue weighted by Crippen LogP contribution is 2.29. The van der Waals surface area contributed by atoms with E-state index in [4.69, 9.17) is 0 Å². The number of nitrogens with zero attached hydrogens (tertiary/aromatic N) is 1. The summed E-state index contributed by atoms with van der Waals surface area (Å²) >= 11 is 1.73. The molecule has 1 aromatic rings. The van der Waals surface area contributed by atoms with Gasteiger partial charge in [0.15, 0.2) is 0 Å². The fourth-order valence-corrected chi connectivity index (χ4v) is 2.26. The number of benzene rings is 1. The molecule has 13 heavy (non-hydrogen) atoms. The van der Waals surface area contributed by atoms with E-state index in [2.05, 4.69) is 10.3 Å².